The van der Waals surface area contributed by atoms with E-state index in [2.05, 4.69) is 15.4 Å². The lowest BCUT2D eigenvalue weighted by atomic mass is 10.0. The molecule has 176 valence electrons. The summed E-state index contributed by atoms with van der Waals surface area (Å²) in [7, 11) is 2.83. The maximum Gasteiger partial charge on any atom is 0.348 e. The molecule has 2 aromatic heterocycles. The fourth-order valence-electron chi connectivity index (χ4n) is 3.46. The number of carboxylic acids is 1. The molecule has 0 saturated carbocycles. The molecular weight excluding hydrogens is 463 g/mol. The Bertz CT molecular complexity index is 1390. The molecule has 0 aliphatic carbocycles. The van der Waals surface area contributed by atoms with Crippen LogP contribution in [0.4, 0.5) is 10.1 Å². The minimum atomic E-state index is -1.18. The number of anilines is 1. The third-order valence-electron chi connectivity index (χ3n) is 5.15. The van der Waals surface area contributed by atoms with Gasteiger partial charge in [-0.2, -0.15) is 4.68 Å². The number of benzene rings is 2. The van der Waals surface area contributed by atoms with Gasteiger partial charge in [-0.1, -0.05) is 17.7 Å². The average molecular weight is 485 g/mol. The molecule has 0 radical (unpaired) electrons. The van der Waals surface area contributed by atoms with Gasteiger partial charge in [0, 0.05) is 17.3 Å². The van der Waals surface area contributed by atoms with Crippen LogP contribution in [-0.2, 0) is 0 Å². The van der Waals surface area contributed by atoms with Gasteiger partial charge in [0.15, 0.2) is 17.3 Å². The molecule has 0 aliphatic heterocycles. The molecule has 11 heteroatoms. The van der Waals surface area contributed by atoms with E-state index in [1.165, 1.54) is 32.4 Å². The highest BCUT2D eigenvalue weighted by Crippen LogP contribution is 2.35. The van der Waals surface area contributed by atoms with Crippen molar-refractivity contribution in [1.82, 2.24) is 14.8 Å². The lowest BCUT2D eigenvalue weighted by Gasteiger charge is -2.20. The van der Waals surface area contributed by atoms with E-state index in [-0.39, 0.29) is 27.7 Å². The van der Waals surface area contributed by atoms with Crippen molar-refractivity contribution >= 4 is 23.0 Å². The van der Waals surface area contributed by atoms with Crippen molar-refractivity contribution in [3.63, 3.8) is 0 Å². The maximum absolute atomic E-state index is 15.2. The van der Waals surface area contributed by atoms with Gasteiger partial charge in [-0.25, -0.2) is 14.0 Å². The van der Waals surface area contributed by atoms with E-state index >= 15 is 4.39 Å². The Morgan fingerprint density at radius 3 is 2.50 bits per heavy atom. The van der Waals surface area contributed by atoms with Gasteiger partial charge in [0.25, 0.3) is 0 Å². The van der Waals surface area contributed by atoms with Crippen LogP contribution < -0.4 is 20.5 Å². The molecule has 0 saturated heterocycles. The quantitative estimate of drug-likeness (QED) is 0.346. The number of hydrogen-bond donors (Lipinski definition) is 3. The number of H-pyrrole nitrogens is 1. The molecule has 3 N–H and O–H groups in total. The number of aromatic nitrogens is 3. The molecule has 1 atom stereocenters. The minimum Gasteiger partial charge on any atom is -0.493 e. The van der Waals surface area contributed by atoms with Crippen LogP contribution in [0, 0.1) is 12.7 Å². The highest BCUT2D eigenvalue weighted by atomic mass is 32.1. The third-order valence-corrected chi connectivity index (χ3v) is 6.04. The smallest absolute Gasteiger partial charge is 0.348 e. The summed E-state index contributed by atoms with van der Waals surface area (Å²) in [6.45, 7) is 1.94. The van der Waals surface area contributed by atoms with Crippen molar-refractivity contribution in [2.75, 3.05) is 19.5 Å². The summed E-state index contributed by atoms with van der Waals surface area (Å²) in [4.78, 5) is 26.9. The molecule has 0 spiro atoms. The normalized spacial score (nSPS) is 11.8. The Morgan fingerprint density at radius 2 is 1.85 bits per heavy atom. The van der Waals surface area contributed by atoms with Crippen molar-refractivity contribution in [3.05, 3.63) is 86.0 Å². The van der Waals surface area contributed by atoms with Crippen LogP contribution in [0.3, 0.4) is 0 Å². The van der Waals surface area contributed by atoms with E-state index in [4.69, 9.17) is 9.47 Å². The predicted molar refractivity (Wildman–Crippen MR) is 125 cm³/mol. The number of nitrogens with one attached hydrogen (secondary N) is 2. The second-order valence-electron chi connectivity index (χ2n) is 7.34. The second-order valence-corrected chi connectivity index (χ2v) is 8.26. The SMILES string of the molecule is COc1cc(F)c(C(Nc2ccc(C)cc2)c2nn(-c3ccsc3C(=O)O)c(=O)[nH]2)cc1OC. The van der Waals surface area contributed by atoms with Crippen LogP contribution in [0.25, 0.3) is 5.69 Å². The van der Waals surface area contributed by atoms with E-state index in [9.17, 15) is 14.7 Å². The van der Waals surface area contributed by atoms with Gasteiger partial charge in [0.2, 0.25) is 0 Å². The largest absolute Gasteiger partial charge is 0.493 e. The van der Waals surface area contributed by atoms with Crippen molar-refractivity contribution in [3.8, 4) is 17.2 Å². The number of carboxylic acid groups (broad SMARTS) is 1. The molecule has 0 bridgehead atoms. The molecular formula is C23H21FN4O5S. The lowest BCUT2D eigenvalue weighted by Crippen LogP contribution is -2.17. The molecule has 34 heavy (non-hydrogen) atoms. The van der Waals surface area contributed by atoms with E-state index in [1.54, 1.807) is 5.38 Å². The monoisotopic (exact) mass is 484 g/mol. The number of aromatic carboxylic acids is 1. The first-order valence-corrected chi connectivity index (χ1v) is 10.9. The summed E-state index contributed by atoms with van der Waals surface area (Å²) in [5.74, 6) is -1.20. The fraction of sp³-hybridized carbons (Fsp3) is 0.174. The van der Waals surface area contributed by atoms with Crippen LogP contribution in [0.1, 0.15) is 32.7 Å². The van der Waals surface area contributed by atoms with Gasteiger partial charge in [-0.3, -0.25) is 4.98 Å². The summed E-state index contributed by atoms with van der Waals surface area (Å²) >= 11 is 0.971. The van der Waals surface area contributed by atoms with Gasteiger partial charge >= 0.3 is 11.7 Å². The number of thiophene rings is 1. The van der Waals surface area contributed by atoms with E-state index in [0.717, 1.165) is 21.6 Å². The Labute approximate surface area is 197 Å². The number of aromatic amines is 1. The van der Waals surface area contributed by atoms with Crippen molar-refractivity contribution < 1.29 is 23.8 Å². The fourth-order valence-corrected chi connectivity index (χ4v) is 4.17. The molecule has 9 nitrogen and oxygen atoms in total. The van der Waals surface area contributed by atoms with Crippen LogP contribution in [0.2, 0.25) is 0 Å². The van der Waals surface area contributed by atoms with Crippen molar-refractivity contribution in [2.24, 2.45) is 0 Å². The summed E-state index contributed by atoms with van der Waals surface area (Å²) in [6, 6.07) is 10.6. The molecule has 4 rings (SSSR count). The van der Waals surface area contributed by atoms with E-state index in [1.807, 2.05) is 31.2 Å². The van der Waals surface area contributed by atoms with Gasteiger partial charge in [0.05, 0.1) is 19.9 Å². The standard InChI is InChI=1S/C23H21FN4O5S/c1-12-4-6-13(7-5-12)25-19(14-10-17(32-2)18(33-3)11-15(14)24)21-26-23(31)28(27-21)16-8-9-34-20(16)22(29)30/h4-11,19,25H,1-3H3,(H,29,30)(H,26,27,31). The van der Waals surface area contributed by atoms with Crippen molar-refractivity contribution in [2.45, 2.75) is 13.0 Å². The molecule has 2 aromatic carbocycles. The van der Waals surface area contributed by atoms with Gasteiger partial charge in [-0.15, -0.1) is 16.4 Å². The van der Waals surface area contributed by atoms with Crippen molar-refractivity contribution in [1.29, 1.82) is 0 Å². The Hall–Kier alpha value is -4.12. The zero-order chi connectivity index (χ0) is 24.4. The predicted octanol–water partition coefficient (Wildman–Crippen LogP) is 3.99. The molecule has 0 aliphatic rings. The number of ether oxygens (including phenoxy) is 2. The Kier molecular flexibility index (Phi) is 6.37. The topological polar surface area (TPSA) is 118 Å². The van der Waals surface area contributed by atoms with E-state index in [0.29, 0.717) is 11.4 Å². The lowest BCUT2D eigenvalue weighted by molar-refractivity contribution is 0.0702. The first kappa shape index (κ1) is 23.1. The zero-order valence-corrected chi connectivity index (χ0v) is 19.3. The minimum absolute atomic E-state index is 0.0412. The highest BCUT2D eigenvalue weighted by Gasteiger charge is 2.26. The molecule has 4 aromatic rings. The average Bonchev–Trinajstić information content (AvgIpc) is 3.45. The maximum atomic E-state index is 15.2. The van der Waals surface area contributed by atoms with Gasteiger partial charge < -0.3 is 19.9 Å². The first-order valence-electron chi connectivity index (χ1n) is 10.1. The molecule has 2 heterocycles. The number of halogens is 1. The summed E-state index contributed by atoms with van der Waals surface area (Å²) < 4.78 is 26.7. The molecule has 0 fully saturated rings. The van der Waals surface area contributed by atoms with Gasteiger partial charge in [0.1, 0.15) is 16.7 Å². The first-order chi connectivity index (χ1) is 16.3. The number of aryl methyl sites for hydroxylation is 1. The molecule has 0 amide bonds. The highest BCUT2D eigenvalue weighted by molar-refractivity contribution is 7.12. The number of rotatable bonds is 8. The summed E-state index contributed by atoms with van der Waals surface area (Å²) in [5.41, 5.74) is 1.29. The molecule has 1 unspecified atom stereocenters. The van der Waals surface area contributed by atoms with Crippen LogP contribution in [0.5, 0.6) is 11.5 Å². The van der Waals surface area contributed by atoms with Crippen LogP contribution >= 0.6 is 11.3 Å². The number of hydrogen-bond acceptors (Lipinski definition) is 7. The van der Waals surface area contributed by atoms with Crippen LogP contribution in [0.15, 0.2) is 52.6 Å². The number of nitrogens with zero attached hydrogens (tertiary/aromatic N) is 2. The number of carbonyl (C=O) groups is 1. The third kappa shape index (κ3) is 4.37. The Balaban J connectivity index is 1.86. The number of methoxy groups -OCH3 is 2. The Morgan fingerprint density at radius 1 is 1.18 bits per heavy atom. The van der Waals surface area contributed by atoms with Crippen LogP contribution in [-0.4, -0.2) is 40.1 Å². The van der Waals surface area contributed by atoms with Gasteiger partial charge in [-0.05, 0) is 36.6 Å². The summed E-state index contributed by atoms with van der Waals surface area (Å²) in [6.07, 6.45) is 0. The zero-order valence-electron chi connectivity index (χ0n) is 18.5. The van der Waals surface area contributed by atoms with E-state index < -0.39 is 23.5 Å². The summed E-state index contributed by atoms with van der Waals surface area (Å²) in [5, 5.41) is 18.5. The second kappa shape index (κ2) is 9.40.